The molecule has 1 aromatic carbocycles. The normalized spacial score (nSPS) is 11.8. The van der Waals surface area contributed by atoms with Gasteiger partial charge in [0.1, 0.15) is 12.4 Å². The fourth-order valence-corrected chi connectivity index (χ4v) is 8.60. The van der Waals surface area contributed by atoms with E-state index in [1.165, 1.54) is 6.07 Å². The minimum atomic E-state index is -2.16. The lowest BCUT2D eigenvalue weighted by Crippen LogP contribution is -2.50. The van der Waals surface area contributed by atoms with Crippen molar-refractivity contribution in [2.75, 3.05) is 6.61 Å². The van der Waals surface area contributed by atoms with Gasteiger partial charge in [-0.25, -0.2) is 4.39 Å². The predicted molar refractivity (Wildman–Crippen MR) is 92.0 cm³/mol. The summed E-state index contributed by atoms with van der Waals surface area (Å²) in [5.74, 6) is 5.16. The van der Waals surface area contributed by atoms with E-state index in [1.807, 2.05) is 0 Å². The Morgan fingerprint density at radius 2 is 1.64 bits per heavy atom. The number of aliphatic hydroxyl groups is 1. The van der Waals surface area contributed by atoms with Crippen molar-refractivity contribution in [2.45, 2.75) is 58.2 Å². The van der Waals surface area contributed by atoms with Gasteiger partial charge in [-0.3, -0.25) is 0 Å². The largest absolute Gasteiger partial charge is 0.541 e. The van der Waals surface area contributed by atoms with E-state index in [0.717, 1.165) is 0 Å². The Bertz CT molecular complexity index is 534. The first-order chi connectivity index (χ1) is 10.3. The van der Waals surface area contributed by atoms with Crippen molar-refractivity contribution in [2.24, 2.45) is 0 Å². The summed E-state index contributed by atoms with van der Waals surface area (Å²) >= 11 is 0. The topological polar surface area (TPSA) is 29.5 Å². The first-order valence-corrected chi connectivity index (χ1v) is 9.98. The third-order valence-corrected chi connectivity index (χ3v) is 10.2. The van der Waals surface area contributed by atoms with Crippen LogP contribution < -0.4 is 4.43 Å². The number of benzene rings is 1. The van der Waals surface area contributed by atoms with Gasteiger partial charge in [-0.2, -0.15) is 0 Å². The Hall–Kier alpha value is -1.31. The summed E-state index contributed by atoms with van der Waals surface area (Å²) in [6.07, 6.45) is 0. The summed E-state index contributed by atoms with van der Waals surface area (Å²) < 4.78 is 20.7. The van der Waals surface area contributed by atoms with Gasteiger partial charge in [0.2, 0.25) is 0 Å². The fourth-order valence-electron chi connectivity index (χ4n) is 3.35. The molecule has 1 N–H and O–H groups in total. The second kappa shape index (κ2) is 7.80. The second-order valence-corrected chi connectivity index (χ2v) is 11.9. The minimum absolute atomic E-state index is 0.232. The average Bonchev–Trinajstić information content (AvgIpc) is 2.42. The third-order valence-electron chi connectivity index (χ3n) is 4.24. The zero-order chi connectivity index (χ0) is 16.9. The fraction of sp³-hybridized carbons (Fsp3) is 0.556. The zero-order valence-electron chi connectivity index (χ0n) is 14.4. The van der Waals surface area contributed by atoms with E-state index in [4.69, 9.17) is 9.53 Å². The Morgan fingerprint density at radius 3 is 2.05 bits per heavy atom. The lowest BCUT2D eigenvalue weighted by Gasteiger charge is -2.42. The van der Waals surface area contributed by atoms with E-state index in [1.54, 1.807) is 12.1 Å². The predicted octanol–water partition coefficient (Wildman–Crippen LogP) is 4.72. The first kappa shape index (κ1) is 18.7. The van der Waals surface area contributed by atoms with E-state index >= 15 is 0 Å². The highest BCUT2D eigenvalue weighted by molar-refractivity contribution is 6.78. The van der Waals surface area contributed by atoms with Crippen molar-refractivity contribution in [1.82, 2.24) is 0 Å². The van der Waals surface area contributed by atoms with Gasteiger partial charge in [0.05, 0.1) is 0 Å². The molecule has 0 bridgehead atoms. The molecule has 0 unspecified atom stereocenters. The van der Waals surface area contributed by atoms with E-state index in [2.05, 4.69) is 53.4 Å². The van der Waals surface area contributed by atoms with Crippen molar-refractivity contribution in [3.8, 4) is 17.6 Å². The Balaban J connectivity index is 3.20. The molecule has 0 aliphatic heterocycles. The molecule has 0 radical (unpaired) electrons. The number of rotatable bonds is 5. The summed E-state index contributed by atoms with van der Waals surface area (Å²) in [7, 11) is -2.16. The molecule has 0 saturated heterocycles. The molecule has 4 heteroatoms. The van der Waals surface area contributed by atoms with E-state index in [-0.39, 0.29) is 12.4 Å². The molecule has 1 rings (SSSR count). The minimum Gasteiger partial charge on any atom is -0.541 e. The Kier molecular flexibility index (Phi) is 6.64. The number of halogens is 1. The maximum atomic E-state index is 14.4. The maximum Gasteiger partial charge on any atom is 0.258 e. The smallest absolute Gasteiger partial charge is 0.258 e. The molecule has 0 saturated carbocycles. The van der Waals surface area contributed by atoms with Crippen LogP contribution in [-0.2, 0) is 0 Å². The molecule has 0 aromatic heterocycles. The van der Waals surface area contributed by atoms with Crippen LogP contribution >= 0.6 is 0 Å². The monoisotopic (exact) mass is 322 g/mol. The molecule has 0 heterocycles. The molecule has 22 heavy (non-hydrogen) atoms. The Labute approximate surface area is 134 Å². The van der Waals surface area contributed by atoms with Gasteiger partial charge in [0, 0.05) is 5.56 Å². The number of hydrogen-bond donors (Lipinski definition) is 1. The maximum absolute atomic E-state index is 14.4. The van der Waals surface area contributed by atoms with E-state index < -0.39 is 8.32 Å². The molecule has 0 amide bonds. The highest BCUT2D eigenvalue weighted by Crippen LogP contribution is 2.43. The average molecular weight is 322 g/mol. The molecule has 1 aromatic rings. The van der Waals surface area contributed by atoms with Crippen LogP contribution in [0.1, 0.15) is 47.1 Å². The van der Waals surface area contributed by atoms with Crippen LogP contribution in [0.25, 0.3) is 0 Å². The van der Waals surface area contributed by atoms with E-state index in [9.17, 15) is 4.39 Å². The van der Waals surface area contributed by atoms with Gasteiger partial charge in [-0.1, -0.05) is 53.4 Å². The van der Waals surface area contributed by atoms with Gasteiger partial charge in [-0.05, 0) is 34.8 Å². The molecule has 0 aliphatic rings. The van der Waals surface area contributed by atoms with Crippen LogP contribution in [0.15, 0.2) is 18.2 Å². The van der Waals surface area contributed by atoms with Gasteiger partial charge in [0.15, 0.2) is 5.82 Å². The standard InChI is InChI=1S/C18H27FO2Si/c1-13(2)22(14(3)4,15(5)6)21-18-10-9-16(8-7-11-20)12-17(18)19/h9-10,12-15,20H,11H2,1-6H3. The molecule has 0 aliphatic carbocycles. The van der Waals surface area contributed by atoms with Crippen molar-refractivity contribution in [3.63, 3.8) is 0 Å². The van der Waals surface area contributed by atoms with Crippen LogP contribution in [-0.4, -0.2) is 20.0 Å². The summed E-state index contributed by atoms with van der Waals surface area (Å²) in [6.45, 7) is 12.8. The quantitative estimate of drug-likeness (QED) is 0.627. The van der Waals surface area contributed by atoms with Crippen molar-refractivity contribution >= 4 is 8.32 Å². The third kappa shape index (κ3) is 3.91. The van der Waals surface area contributed by atoms with Crippen LogP contribution in [0, 0.1) is 17.7 Å². The molecule has 0 spiro atoms. The molecular weight excluding hydrogens is 295 g/mol. The van der Waals surface area contributed by atoms with Crippen LogP contribution in [0.4, 0.5) is 4.39 Å². The number of hydrogen-bond acceptors (Lipinski definition) is 2. The summed E-state index contributed by atoms with van der Waals surface area (Å²) in [5, 5.41) is 8.70. The van der Waals surface area contributed by atoms with Crippen LogP contribution in [0.5, 0.6) is 5.75 Å². The van der Waals surface area contributed by atoms with Crippen LogP contribution in [0.3, 0.4) is 0 Å². The van der Waals surface area contributed by atoms with Crippen molar-refractivity contribution < 1.29 is 13.9 Å². The van der Waals surface area contributed by atoms with Crippen LogP contribution in [0.2, 0.25) is 16.6 Å². The zero-order valence-corrected chi connectivity index (χ0v) is 15.4. The molecule has 122 valence electrons. The highest BCUT2D eigenvalue weighted by Gasteiger charge is 2.47. The van der Waals surface area contributed by atoms with Gasteiger partial charge in [-0.15, -0.1) is 0 Å². The van der Waals surface area contributed by atoms with Gasteiger partial charge < -0.3 is 9.53 Å². The van der Waals surface area contributed by atoms with Gasteiger partial charge >= 0.3 is 0 Å². The molecule has 0 fully saturated rings. The SMILES string of the molecule is CC(C)[Si](Oc1ccc(C#CCO)cc1F)(C(C)C)C(C)C. The second-order valence-electron chi connectivity index (χ2n) is 6.52. The number of aliphatic hydroxyl groups excluding tert-OH is 1. The summed E-state index contributed by atoms with van der Waals surface area (Å²) in [5.41, 5.74) is 1.71. The van der Waals surface area contributed by atoms with Crippen molar-refractivity contribution in [3.05, 3.63) is 29.6 Å². The lowest BCUT2D eigenvalue weighted by molar-refractivity contribution is 0.350. The molecule has 2 nitrogen and oxygen atoms in total. The Morgan fingerprint density at radius 1 is 1.09 bits per heavy atom. The molecule has 0 atom stereocenters. The summed E-state index contributed by atoms with van der Waals surface area (Å²) in [6, 6.07) is 4.77. The summed E-state index contributed by atoms with van der Waals surface area (Å²) in [4.78, 5) is 0. The molecular formula is C18H27FO2Si. The van der Waals surface area contributed by atoms with Crippen molar-refractivity contribution in [1.29, 1.82) is 0 Å². The van der Waals surface area contributed by atoms with E-state index in [0.29, 0.717) is 27.9 Å². The highest BCUT2D eigenvalue weighted by atomic mass is 28.4. The van der Waals surface area contributed by atoms with Gasteiger partial charge in [0.25, 0.3) is 8.32 Å². The first-order valence-electron chi connectivity index (χ1n) is 7.84. The lowest BCUT2D eigenvalue weighted by atomic mass is 10.2.